The highest BCUT2D eigenvalue weighted by atomic mass is 32.1. The van der Waals surface area contributed by atoms with Crippen molar-refractivity contribution in [2.24, 2.45) is 0 Å². The van der Waals surface area contributed by atoms with Gasteiger partial charge in [0.1, 0.15) is 0 Å². The number of nitrogens with zero attached hydrogens (tertiary/aromatic N) is 1. The van der Waals surface area contributed by atoms with Crippen LogP contribution in [0.15, 0.2) is 30.3 Å². The fourth-order valence-electron chi connectivity index (χ4n) is 3.42. The van der Waals surface area contributed by atoms with E-state index in [2.05, 4.69) is 29.4 Å². The molecule has 1 aliphatic rings. The van der Waals surface area contributed by atoms with E-state index >= 15 is 0 Å². The number of nitrogens with one attached hydrogen (secondary N) is 1. The van der Waals surface area contributed by atoms with Crippen LogP contribution in [0.3, 0.4) is 0 Å². The molecule has 0 aliphatic heterocycles. The maximum Gasteiger partial charge on any atom is 0.261 e. The highest BCUT2D eigenvalue weighted by Crippen LogP contribution is 2.25. The number of amides is 1. The molecule has 1 aliphatic carbocycles. The monoisotopic (exact) mass is 330 g/mol. The lowest BCUT2D eigenvalue weighted by atomic mass is 9.94. The van der Waals surface area contributed by atoms with Gasteiger partial charge in [-0.25, -0.2) is 0 Å². The van der Waals surface area contributed by atoms with E-state index in [0.29, 0.717) is 0 Å². The van der Waals surface area contributed by atoms with Crippen LogP contribution in [0.1, 0.15) is 48.2 Å². The average molecular weight is 330 g/mol. The molecule has 0 atom stereocenters. The summed E-state index contributed by atoms with van der Waals surface area (Å²) in [5, 5.41) is 4.22. The Balaban J connectivity index is 1.42. The number of hydrogen-bond donors (Lipinski definition) is 1. The summed E-state index contributed by atoms with van der Waals surface area (Å²) in [5.41, 5.74) is 0. The van der Waals surface area contributed by atoms with Gasteiger partial charge in [0.15, 0.2) is 0 Å². The van der Waals surface area contributed by atoms with Gasteiger partial charge in [-0.2, -0.15) is 0 Å². The first-order chi connectivity index (χ1) is 11.2. The molecule has 124 valence electrons. The van der Waals surface area contributed by atoms with Crippen LogP contribution in [-0.4, -0.2) is 37.0 Å². The molecular formula is C19H26N2OS. The Kier molecular flexibility index (Phi) is 5.68. The summed E-state index contributed by atoms with van der Waals surface area (Å²) in [6.45, 7) is 1.82. The normalized spacial score (nSPS) is 16.1. The predicted octanol–water partition coefficient (Wildman–Crippen LogP) is 4.29. The van der Waals surface area contributed by atoms with Gasteiger partial charge in [0.05, 0.1) is 4.88 Å². The highest BCUT2D eigenvalue weighted by molar-refractivity contribution is 7.20. The fourth-order valence-corrected chi connectivity index (χ4v) is 4.39. The largest absolute Gasteiger partial charge is 0.351 e. The maximum absolute atomic E-state index is 12.2. The summed E-state index contributed by atoms with van der Waals surface area (Å²) >= 11 is 1.57. The smallest absolute Gasteiger partial charge is 0.261 e. The molecule has 0 unspecified atom stereocenters. The van der Waals surface area contributed by atoms with E-state index in [1.807, 2.05) is 18.2 Å². The van der Waals surface area contributed by atoms with Gasteiger partial charge in [-0.15, -0.1) is 11.3 Å². The van der Waals surface area contributed by atoms with Crippen molar-refractivity contribution in [2.75, 3.05) is 20.1 Å². The Morgan fingerprint density at radius 2 is 2.04 bits per heavy atom. The zero-order valence-corrected chi connectivity index (χ0v) is 14.7. The van der Waals surface area contributed by atoms with Crippen molar-refractivity contribution in [3.8, 4) is 0 Å². The Morgan fingerprint density at radius 1 is 1.26 bits per heavy atom. The molecule has 2 aromatic rings. The third kappa shape index (κ3) is 4.33. The minimum absolute atomic E-state index is 0.0616. The van der Waals surface area contributed by atoms with Gasteiger partial charge in [-0.3, -0.25) is 4.79 Å². The van der Waals surface area contributed by atoms with Gasteiger partial charge < -0.3 is 10.2 Å². The number of thiophene rings is 1. The number of carbonyl (C=O) groups is 1. The molecule has 0 saturated heterocycles. The van der Waals surface area contributed by atoms with E-state index in [9.17, 15) is 4.79 Å². The molecule has 1 N–H and O–H groups in total. The van der Waals surface area contributed by atoms with Crippen LogP contribution in [0.4, 0.5) is 0 Å². The van der Waals surface area contributed by atoms with Crippen molar-refractivity contribution in [2.45, 2.75) is 44.6 Å². The molecule has 23 heavy (non-hydrogen) atoms. The van der Waals surface area contributed by atoms with Gasteiger partial charge >= 0.3 is 0 Å². The number of rotatable bonds is 6. The van der Waals surface area contributed by atoms with Crippen molar-refractivity contribution in [3.63, 3.8) is 0 Å². The van der Waals surface area contributed by atoms with E-state index in [4.69, 9.17) is 0 Å². The number of fused-ring (bicyclic) bond motifs is 1. The zero-order chi connectivity index (χ0) is 16.1. The summed E-state index contributed by atoms with van der Waals surface area (Å²) in [7, 11) is 2.23. The highest BCUT2D eigenvalue weighted by Gasteiger charge is 2.17. The molecule has 1 heterocycles. The van der Waals surface area contributed by atoms with Gasteiger partial charge in [0.25, 0.3) is 5.91 Å². The van der Waals surface area contributed by atoms with Gasteiger partial charge in [0, 0.05) is 17.3 Å². The Labute approximate surface area is 142 Å². The first-order valence-electron chi connectivity index (χ1n) is 8.71. The molecule has 0 bridgehead atoms. The summed E-state index contributed by atoms with van der Waals surface area (Å²) in [6, 6.07) is 10.9. The Morgan fingerprint density at radius 3 is 2.83 bits per heavy atom. The zero-order valence-electron chi connectivity index (χ0n) is 13.9. The molecule has 1 saturated carbocycles. The topological polar surface area (TPSA) is 32.3 Å². The van der Waals surface area contributed by atoms with Gasteiger partial charge in [-0.1, -0.05) is 37.5 Å². The standard InChI is InChI=1S/C19H26N2OS/c1-21(16-9-3-2-4-10-16)13-7-12-20-19(22)18-14-15-8-5-6-11-17(15)23-18/h5-6,8,11,14,16H,2-4,7,9-10,12-13H2,1H3,(H,20,22). The maximum atomic E-state index is 12.2. The van der Waals surface area contributed by atoms with Crippen LogP contribution < -0.4 is 5.32 Å². The molecule has 1 aromatic heterocycles. The average Bonchev–Trinajstić information content (AvgIpc) is 3.03. The minimum atomic E-state index is 0.0616. The summed E-state index contributed by atoms with van der Waals surface area (Å²) in [6.07, 6.45) is 7.84. The fraction of sp³-hybridized carbons (Fsp3) is 0.526. The van der Waals surface area contributed by atoms with Crippen LogP contribution >= 0.6 is 11.3 Å². The quantitative estimate of drug-likeness (QED) is 0.802. The summed E-state index contributed by atoms with van der Waals surface area (Å²) in [4.78, 5) is 15.5. The molecule has 0 radical (unpaired) electrons. The lowest BCUT2D eigenvalue weighted by molar-refractivity contribution is 0.0954. The second-order valence-corrected chi connectivity index (χ2v) is 7.61. The Bertz CT molecular complexity index is 613. The first-order valence-corrected chi connectivity index (χ1v) is 9.53. The van der Waals surface area contributed by atoms with E-state index in [1.54, 1.807) is 11.3 Å². The molecule has 3 nitrogen and oxygen atoms in total. The molecular weight excluding hydrogens is 304 g/mol. The van der Waals surface area contributed by atoms with Crippen LogP contribution in [0.25, 0.3) is 10.1 Å². The predicted molar refractivity (Wildman–Crippen MR) is 98.3 cm³/mol. The molecule has 1 amide bonds. The summed E-state index contributed by atoms with van der Waals surface area (Å²) in [5.74, 6) is 0.0616. The molecule has 4 heteroatoms. The van der Waals surface area contributed by atoms with Gasteiger partial charge in [0.2, 0.25) is 0 Å². The van der Waals surface area contributed by atoms with Crippen molar-refractivity contribution in [3.05, 3.63) is 35.2 Å². The van der Waals surface area contributed by atoms with Crippen molar-refractivity contribution >= 4 is 27.3 Å². The van der Waals surface area contributed by atoms with Crippen molar-refractivity contribution in [1.29, 1.82) is 0 Å². The third-order valence-electron chi connectivity index (χ3n) is 4.82. The molecule has 1 fully saturated rings. The van der Waals surface area contributed by atoms with Crippen LogP contribution in [0, 0.1) is 0 Å². The molecule has 1 aromatic carbocycles. The summed E-state index contributed by atoms with van der Waals surface area (Å²) < 4.78 is 1.18. The van der Waals surface area contributed by atoms with E-state index < -0.39 is 0 Å². The number of carbonyl (C=O) groups excluding carboxylic acids is 1. The van der Waals surface area contributed by atoms with E-state index in [1.165, 1.54) is 36.8 Å². The van der Waals surface area contributed by atoms with Crippen molar-refractivity contribution < 1.29 is 4.79 Å². The van der Waals surface area contributed by atoms with Crippen LogP contribution in [0.2, 0.25) is 0 Å². The van der Waals surface area contributed by atoms with E-state index in [0.717, 1.165) is 35.8 Å². The lowest BCUT2D eigenvalue weighted by Gasteiger charge is -2.31. The molecule has 3 rings (SSSR count). The van der Waals surface area contributed by atoms with E-state index in [-0.39, 0.29) is 5.91 Å². The second kappa shape index (κ2) is 7.93. The van der Waals surface area contributed by atoms with Gasteiger partial charge in [-0.05, 0) is 50.4 Å². The second-order valence-electron chi connectivity index (χ2n) is 6.53. The molecule has 0 spiro atoms. The van der Waals surface area contributed by atoms with Crippen molar-refractivity contribution in [1.82, 2.24) is 10.2 Å². The number of hydrogen-bond acceptors (Lipinski definition) is 3. The van der Waals surface area contributed by atoms with Crippen LogP contribution in [0.5, 0.6) is 0 Å². The lowest BCUT2D eigenvalue weighted by Crippen LogP contribution is -2.35. The Hall–Kier alpha value is -1.39. The third-order valence-corrected chi connectivity index (χ3v) is 5.94. The number of benzene rings is 1. The first kappa shape index (κ1) is 16.5. The SMILES string of the molecule is CN(CCCNC(=O)c1cc2ccccc2s1)C1CCCCC1. The van der Waals surface area contributed by atoms with Crippen LogP contribution in [-0.2, 0) is 0 Å². The minimum Gasteiger partial charge on any atom is -0.351 e.